The standard InChI is InChI=1S/C16H19O5P/c1-2-11(12-3-5-14(17)6-4-12)9-13-10-15(18)7-8-16(13)22(19,20)21/h3-8,10-11,17-18H,2,9H2,1H3,(H2,19,20,21). The predicted octanol–water partition coefficient (Wildman–Crippen LogP) is 2.64. The molecular formula is C16H19O5P. The first-order chi connectivity index (χ1) is 10.3. The van der Waals surface area contributed by atoms with Gasteiger partial charge in [0.15, 0.2) is 0 Å². The molecule has 0 saturated carbocycles. The van der Waals surface area contributed by atoms with E-state index in [9.17, 15) is 24.6 Å². The van der Waals surface area contributed by atoms with E-state index in [4.69, 9.17) is 0 Å². The largest absolute Gasteiger partial charge is 0.508 e. The monoisotopic (exact) mass is 322 g/mol. The van der Waals surface area contributed by atoms with E-state index in [0.717, 1.165) is 12.0 Å². The average molecular weight is 322 g/mol. The Kier molecular flexibility index (Phi) is 4.91. The van der Waals surface area contributed by atoms with Gasteiger partial charge in [0.1, 0.15) is 11.5 Å². The van der Waals surface area contributed by atoms with Gasteiger partial charge >= 0.3 is 7.60 Å². The van der Waals surface area contributed by atoms with Crippen molar-refractivity contribution >= 4 is 12.9 Å². The third kappa shape index (κ3) is 3.89. The van der Waals surface area contributed by atoms with Gasteiger partial charge in [-0.1, -0.05) is 19.1 Å². The Hall–Kier alpha value is -1.81. The quantitative estimate of drug-likeness (QED) is 0.634. The van der Waals surface area contributed by atoms with Gasteiger partial charge in [-0.3, -0.25) is 4.57 Å². The molecule has 5 nitrogen and oxygen atoms in total. The molecule has 0 bridgehead atoms. The Labute approximate surface area is 129 Å². The molecule has 0 spiro atoms. The van der Waals surface area contributed by atoms with Crippen LogP contribution in [0.25, 0.3) is 0 Å². The maximum atomic E-state index is 11.6. The molecule has 6 heteroatoms. The van der Waals surface area contributed by atoms with Gasteiger partial charge in [0.25, 0.3) is 0 Å². The number of hydrogen-bond donors (Lipinski definition) is 4. The van der Waals surface area contributed by atoms with E-state index < -0.39 is 7.60 Å². The van der Waals surface area contributed by atoms with E-state index >= 15 is 0 Å². The molecule has 1 atom stereocenters. The summed E-state index contributed by atoms with van der Waals surface area (Å²) in [6.45, 7) is 1.98. The summed E-state index contributed by atoms with van der Waals surface area (Å²) in [5, 5.41) is 18.9. The van der Waals surface area contributed by atoms with Crippen molar-refractivity contribution in [3.05, 3.63) is 53.6 Å². The van der Waals surface area contributed by atoms with Crippen LogP contribution in [0.4, 0.5) is 0 Å². The normalized spacial score (nSPS) is 13.0. The van der Waals surface area contributed by atoms with Crippen LogP contribution in [0.5, 0.6) is 11.5 Å². The summed E-state index contributed by atoms with van der Waals surface area (Å²) in [5.74, 6) is 0.187. The van der Waals surface area contributed by atoms with Gasteiger partial charge in [0, 0.05) is 0 Å². The first-order valence-corrected chi connectivity index (χ1v) is 8.59. The summed E-state index contributed by atoms with van der Waals surface area (Å²) in [6, 6.07) is 10.7. The number of phenolic OH excluding ortho intramolecular Hbond substituents is 2. The number of aromatic hydroxyl groups is 2. The second-order valence-electron chi connectivity index (χ2n) is 5.26. The molecule has 0 aliphatic carbocycles. The summed E-state index contributed by atoms with van der Waals surface area (Å²) in [7, 11) is -4.39. The van der Waals surface area contributed by atoms with Gasteiger partial charge in [0.05, 0.1) is 5.30 Å². The second-order valence-corrected chi connectivity index (χ2v) is 6.83. The molecule has 0 saturated heterocycles. The Morgan fingerprint density at radius 3 is 2.14 bits per heavy atom. The van der Waals surface area contributed by atoms with Crippen LogP contribution in [0.1, 0.15) is 30.4 Å². The van der Waals surface area contributed by atoms with Gasteiger partial charge < -0.3 is 20.0 Å². The maximum absolute atomic E-state index is 11.6. The first kappa shape index (κ1) is 16.6. The van der Waals surface area contributed by atoms with Gasteiger partial charge in [-0.15, -0.1) is 0 Å². The minimum atomic E-state index is -4.39. The van der Waals surface area contributed by atoms with E-state index in [1.165, 1.54) is 18.2 Å². The molecule has 2 aromatic carbocycles. The molecule has 2 rings (SSSR count). The van der Waals surface area contributed by atoms with Crippen molar-refractivity contribution in [1.29, 1.82) is 0 Å². The van der Waals surface area contributed by atoms with E-state index in [1.807, 2.05) is 6.92 Å². The Morgan fingerprint density at radius 2 is 1.59 bits per heavy atom. The van der Waals surface area contributed by atoms with E-state index in [1.54, 1.807) is 24.3 Å². The Morgan fingerprint density at radius 1 is 1.00 bits per heavy atom. The van der Waals surface area contributed by atoms with Crippen molar-refractivity contribution in [3.63, 3.8) is 0 Å². The van der Waals surface area contributed by atoms with Crippen LogP contribution >= 0.6 is 7.60 Å². The average Bonchev–Trinajstić information content (AvgIpc) is 2.44. The van der Waals surface area contributed by atoms with E-state index in [-0.39, 0.29) is 22.7 Å². The highest BCUT2D eigenvalue weighted by atomic mass is 31.2. The van der Waals surface area contributed by atoms with Crippen LogP contribution in [0, 0.1) is 0 Å². The Balaban J connectivity index is 2.37. The van der Waals surface area contributed by atoms with Crippen molar-refractivity contribution in [2.45, 2.75) is 25.7 Å². The highest BCUT2D eigenvalue weighted by Crippen LogP contribution is 2.37. The molecule has 118 valence electrons. The van der Waals surface area contributed by atoms with Gasteiger partial charge in [-0.2, -0.15) is 0 Å². The van der Waals surface area contributed by atoms with E-state index in [0.29, 0.717) is 12.0 Å². The number of benzene rings is 2. The third-order valence-electron chi connectivity index (χ3n) is 3.70. The molecule has 2 aromatic rings. The summed E-state index contributed by atoms with van der Waals surface area (Å²) < 4.78 is 11.6. The lowest BCUT2D eigenvalue weighted by Crippen LogP contribution is -2.14. The highest BCUT2D eigenvalue weighted by Gasteiger charge is 2.23. The van der Waals surface area contributed by atoms with Crippen LogP contribution in [-0.2, 0) is 11.0 Å². The fraction of sp³-hybridized carbons (Fsp3) is 0.250. The van der Waals surface area contributed by atoms with Crippen LogP contribution in [-0.4, -0.2) is 20.0 Å². The van der Waals surface area contributed by atoms with E-state index in [2.05, 4.69) is 0 Å². The van der Waals surface area contributed by atoms with Crippen molar-refractivity contribution < 1.29 is 24.6 Å². The zero-order valence-corrected chi connectivity index (χ0v) is 13.1. The molecule has 0 amide bonds. The molecule has 0 aliphatic rings. The molecule has 0 radical (unpaired) electrons. The second kappa shape index (κ2) is 6.53. The lowest BCUT2D eigenvalue weighted by molar-refractivity contribution is 0.387. The zero-order chi connectivity index (χ0) is 16.3. The van der Waals surface area contributed by atoms with Gasteiger partial charge in [-0.25, -0.2) is 0 Å². The number of phenols is 2. The predicted molar refractivity (Wildman–Crippen MR) is 84.6 cm³/mol. The zero-order valence-electron chi connectivity index (χ0n) is 12.2. The molecule has 1 unspecified atom stereocenters. The highest BCUT2D eigenvalue weighted by molar-refractivity contribution is 7.60. The number of hydrogen-bond acceptors (Lipinski definition) is 3. The van der Waals surface area contributed by atoms with Crippen LogP contribution in [0.15, 0.2) is 42.5 Å². The van der Waals surface area contributed by atoms with Crippen molar-refractivity contribution in [1.82, 2.24) is 0 Å². The summed E-state index contributed by atoms with van der Waals surface area (Å²) in [4.78, 5) is 18.9. The molecule has 0 aliphatic heterocycles. The summed E-state index contributed by atoms with van der Waals surface area (Å²) in [6.07, 6.45) is 1.16. The van der Waals surface area contributed by atoms with Crippen LogP contribution in [0.2, 0.25) is 0 Å². The smallest absolute Gasteiger partial charge is 0.356 e. The van der Waals surface area contributed by atoms with Crippen molar-refractivity contribution in [2.24, 2.45) is 0 Å². The molecular weight excluding hydrogens is 303 g/mol. The third-order valence-corrected chi connectivity index (χ3v) is 4.76. The fourth-order valence-electron chi connectivity index (χ4n) is 2.53. The van der Waals surface area contributed by atoms with Crippen molar-refractivity contribution in [2.75, 3.05) is 0 Å². The molecule has 0 heterocycles. The van der Waals surface area contributed by atoms with Gasteiger partial charge in [0.2, 0.25) is 0 Å². The van der Waals surface area contributed by atoms with Gasteiger partial charge in [-0.05, 0) is 60.2 Å². The molecule has 22 heavy (non-hydrogen) atoms. The summed E-state index contributed by atoms with van der Waals surface area (Å²) >= 11 is 0. The molecule has 0 aromatic heterocycles. The van der Waals surface area contributed by atoms with Crippen LogP contribution in [0.3, 0.4) is 0 Å². The first-order valence-electron chi connectivity index (χ1n) is 6.98. The topological polar surface area (TPSA) is 98.0 Å². The lowest BCUT2D eigenvalue weighted by atomic mass is 9.90. The van der Waals surface area contributed by atoms with Crippen LogP contribution < -0.4 is 5.30 Å². The molecule has 0 fully saturated rings. The Bertz CT molecular complexity index is 690. The maximum Gasteiger partial charge on any atom is 0.356 e. The lowest BCUT2D eigenvalue weighted by Gasteiger charge is -2.18. The molecule has 4 N–H and O–H groups in total. The number of rotatable bonds is 5. The minimum absolute atomic E-state index is 0.0206. The minimum Gasteiger partial charge on any atom is -0.508 e. The van der Waals surface area contributed by atoms with Crippen molar-refractivity contribution in [3.8, 4) is 11.5 Å². The SMILES string of the molecule is CCC(Cc1cc(O)ccc1P(=O)(O)O)c1ccc(O)cc1. The summed E-state index contributed by atoms with van der Waals surface area (Å²) in [5.41, 5.74) is 1.41. The fourth-order valence-corrected chi connectivity index (χ4v) is 3.33.